The summed E-state index contributed by atoms with van der Waals surface area (Å²) in [7, 11) is 0. The Hall–Kier alpha value is -1.34. The summed E-state index contributed by atoms with van der Waals surface area (Å²) >= 11 is 0. The fourth-order valence-corrected chi connectivity index (χ4v) is 2.30. The molecule has 2 N–H and O–H groups in total. The van der Waals surface area contributed by atoms with Gasteiger partial charge in [-0.3, -0.25) is 4.90 Å². The molecule has 0 bridgehead atoms. The van der Waals surface area contributed by atoms with Crippen LogP contribution in [0.1, 0.15) is 17.5 Å². The van der Waals surface area contributed by atoms with Gasteiger partial charge in [0.1, 0.15) is 6.61 Å². The van der Waals surface area contributed by atoms with Crippen LogP contribution in [0.3, 0.4) is 0 Å². The number of benzene rings is 1. The van der Waals surface area contributed by atoms with E-state index in [-0.39, 0.29) is 6.61 Å². The van der Waals surface area contributed by atoms with Crippen LogP contribution in [0.5, 0.6) is 0 Å². The predicted molar refractivity (Wildman–Crippen MR) is 70.9 cm³/mol. The zero-order valence-corrected chi connectivity index (χ0v) is 10.5. The number of hydrogen-bond donors (Lipinski definition) is 2. The largest absolute Gasteiger partial charge is 0.396 e. The fraction of sp³-hybridized carbons (Fsp3) is 0.467. The highest BCUT2D eigenvalue weighted by molar-refractivity contribution is 5.36. The van der Waals surface area contributed by atoms with Gasteiger partial charge in [0.2, 0.25) is 0 Å². The normalized spacial score (nSPS) is 19.6. The van der Waals surface area contributed by atoms with Gasteiger partial charge in [-0.15, -0.1) is 0 Å². The summed E-state index contributed by atoms with van der Waals surface area (Å²) in [6.45, 7) is 3.19. The number of aliphatic hydroxyl groups excluding tert-OH is 2. The van der Waals surface area contributed by atoms with Crippen molar-refractivity contribution in [3.63, 3.8) is 0 Å². The van der Waals surface area contributed by atoms with Crippen molar-refractivity contribution in [3.05, 3.63) is 35.4 Å². The number of aliphatic hydroxyl groups is 2. The Bertz CT molecular complexity index is 430. The molecule has 1 heterocycles. The molecule has 0 spiro atoms. The first-order valence-corrected chi connectivity index (χ1v) is 6.33. The molecule has 3 heteroatoms. The topological polar surface area (TPSA) is 43.7 Å². The Kier molecular flexibility index (Phi) is 4.77. The van der Waals surface area contributed by atoms with Crippen molar-refractivity contribution in [2.24, 2.45) is 5.92 Å². The summed E-state index contributed by atoms with van der Waals surface area (Å²) < 4.78 is 0. The van der Waals surface area contributed by atoms with Gasteiger partial charge in [0.05, 0.1) is 0 Å². The van der Waals surface area contributed by atoms with Gasteiger partial charge in [0, 0.05) is 25.3 Å². The van der Waals surface area contributed by atoms with E-state index in [1.165, 1.54) is 5.56 Å². The zero-order chi connectivity index (χ0) is 12.8. The molecule has 1 aliphatic heterocycles. The van der Waals surface area contributed by atoms with Gasteiger partial charge >= 0.3 is 0 Å². The molecule has 1 aromatic rings. The standard InChI is InChI=1S/C15H19NO2/c17-9-1-2-13-3-5-14(6-4-13)10-16-8-7-15(11-16)12-18/h3-6,15,17-18H,7-12H2. The van der Waals surface area contributed by atoms with Gasteiger partial charge in [-0.1, -0.05) is 24.0 Å². The fourth-order valence-electron chi connectivity index (χ4n) is 2.30. The number of rotatable bonds is 3. The summed E-state index contributed by atoms with van der Waals surface area (Å²) in [5, 5.41) is 17.7. The Labute approximate surface area is 108 Å². The van der Waals surface area contributed by atoms with Crippen molar-refractivity contribution in [2.75, 3.05) is 26.3 Å². The van der Waals surface area contributed by atoms with Crippen LogP contribution in [0, 0.1) is 17.8 Å². The monoisotopic (exact) mass is 245 g/mol. The molecule has 1 fully saturated rings. The second-order valence-corrected chi connectivity index (χ2v) is 4.73. The highest BCUT2D eigenvalue weighted by atomic mass is 16.3. The van der Waals surface area contributed by atoms with E-state index in [1.54, 1.807) is 0 Å². The van der Waals surface area contributed by atoms with Gasteiger partial charge < -0.3 is 10.2 Å². The lowest BCUT2D eigenvalue weighted by Crippen LogP contribution is -2.20. The van der Waals surface area contributed by atoms with Crippen LogP contribution in [0.25, 0.3) is 0 Å². The first-order chi connectivity index (χ1) is 8.81. The molecule has 1 aliphatic rings. The summed E-state index contributed by atoms with van der Waals surface area (Å²) in [5.41, 5.74) is 2.20. The number of nitrogens with zero attached hydrogens (tertiary/aromatic N) is 1. The Morgan fingerprint density at radius 1 is 1.22 bits per heavy atom. The maximum atomic E-state index is 9.11. The lowest BCUT2D eigenvalue weighted by Gasteiger charge is -2.15. The number of likely N-dealkylation sites (tertiary alicyclic amines) is 1. The van der Waals surface area contributed by atoms with Gasteiger partial charge in [-0.2, -0.15) is 0 Å². The average Bonchev–Trinajstić information content (AvgIpc) is 2.86. The van der Waals surface area contributed by atoms with E-state index in [9.17, 15) is 0 Å². The molecule has 3 nitrogen and oxygen atoms in total. The van der Waals surface area contributed by atoms with Crippen LogP contribution in [0.4, 0.5) is 0 Å². The summed E-state index contributed by atoms with van der Waals surface area (Å²) in [4.78, 5) is 2.37. The predicted octanol–water partition coefficient (Wildman–Crippen LogP) is 0.845. The van der Waals surface area contributed by atoms with Crippen molar-refractivity contribution < 1.29 is 10.2 Å². The first-order valence-electron chi connectivity index (χ1n) is 6.33. The molecule has 0 radical (unpaired) electrons. The molecule has 0 aromatic heterocycles. The summed E-state index contributed by atoms with van der Waals surface area (Å²) in [6, 6.07) is 8.12. The summed E-state index contributed by atoms with van der Waals surface area (Å²) in [6.07, 6.45) is 1.09. The van der Waals surface area contributed by atoms with E-state index in [1.807, 2.05) is 12.1 Å². The van der Waals surface area contributed by atoms with Crippen LogP contribution < -0.4 is 0 Å². The Balaban J connectivity index is 1.90. The Morgan fingerprint density at radius 2 is 2.00 bits per heavy atom. The van der Waals surface area contributed by atoms with E-state index in [0.29, 0.717) is 12.5 Å². The van der Waals surface area contributed by atoms with Crippen molar-refractivity contribution in [1.82, 2.24) is 4.90 Å². The molecule has 96 valence electrons. The minimum Gasteiger partial charge on any atom is -0.396 e. The highest BCUT2D eigenvalue weighted by Crippen LogP contribution is 2.18. The molecule has 18 heavy (non-hydrogen) atoms. The van der Waals surface area contributed by atoms with Crippen LogP contribution in [-0.4, -0.2) is 41.4 Å². The number of hydrogen-bond acceptors (Lipinski definition) is 3. The SMILES string of the molecule is OCC#Cc1ccc(CN2CCC(CO)C2)cc1. The third-order valence-corrected chi connectivity index (χ3v) is 3.30. The third-order valence-electron chi connectivity index (χ3n) is 3.30. The van der Waals surface area contributed by atoms with Crippen molar-refractivity contribution in [2.45, 2.75) is 13.0 Å². The minimum absolute atomic E-state index is 0.0991. The van der Waals surface area contributed by atoms with Crippen LogP contribution in [0.2, 0.25) is 0 Å². The van der Waals surface area contributed by atoms with Gasteiger partial charge in [0.15, 0.2) is 0 Å². The van der Waals surface area contributed by atoms with E-state index >= 15 is 0 Å². The molecule has 2 rings (SSSR count). The molecule has 0 aliphatic carbocycles. The van der Waals surface area contributed by atoms with Gasteiger partial charge in [0.25, 0.3) is 0 Å². The lowest BCUT2D eigenvalue weighted by molar-refractivity contribution is 0.220. The van der Waals surface area contributed by atoms with Crippen LogP contribution in [-0.2, 0) is 6.54 Å². The van der Waals surface area contributed by atoms with Gasteiger partial charge in [-0.05, 0) is 36.6 Å². The average molecular weight is 245 g/mol. The summed E-state index contributed by atoms with van der Waals surface area (Å²) in [5.74, 6) is 5.97. The molecule has 1 aromatic carbocycles. The van der Waals surface area contributed by atoms with E-state index in [4.69, 9.17) is 10.2 Å². The van der Waals surface area contributed by atoms with Crippen LogP contribution in [0.15, 0.2) is 24.3 Å². The quantitative estimate of drug-likeness (QED) is 0.776. The smallest absolute Gasteiger partial charge is 0.104 e. The zero-order valence-electron chi connectivity index (χ0n) is 10.5. The van der Waals surface area contributed by atoms with Crippen molar-refractivity contribution >= 4 is 0 Å². The minimum atomic E-state index is -0.0991. The second kappa shape index (κ2) is 6.55. The first kappa shape index (κ1) is 13.1. The van der Waals surface area contributed by atoms with Gasteiger partial charge in [-0.25, -0.2) is 0 Å². The highest BCUT2D eigenvalue weighted by Gasteiger charge is 2.21. The van der Waals surface area contributed by atoms with E-state index in [2.05, 4.69) is 28.9 Å². The third kappa shape index (κ3) is 3.58. The molecular weight excluding hydrogens is 226 g/mol. The van der Waals surface area contributed by atoms with E-state index in [0.717, 1.165) is 31.6 Å². The maximum Gasteiger partial charge on any atom is 0.104 e. The van der Waals surface area contributed by atoms with Crippen LogP contribution >= 0.6 is 0 Å². The van der Waals surface area contributed by atoms with E-state index < -0.39 is 0 Å². The van der Waals surface area contributed by atoms with Crippen molar-refractivity contribution in [3.8, 4) is 11.8 Å². The second-order valence-electron chi connectivity index (χ2n) is 4.73. The molecule has 1 unspecified atom stereocenters. The molecule has 0 saturated carbocycles. The molecule has 1 saturated heterocycles. The Morgan fingerprint density at radius 3 is 2.61 bits per heavy atom. The molecule has 0 amide bonds. The molecular formula is C15H19NO2. The lowest BCUT2D eigenvalue weighted by atomic mass is 10.1. The molecule has 1 atom stereocenters. The van der Waals surface area contributed by atoms with Crippen molar-refractivity contribution in [1.29, 1.82) is 0 Å². The maximum absolute atomic E-state index is 9.11.